The van der Waals surface area contributed by atoms with Crippen molar-refractivity contribution in [2.75, 3.05) is 0 Å². The van der Waals surface area contributed by atoms with Crippen LogP contribution in [0, 0.1) is 12.5 Å². The number of rotatable bonds is 6. The standard InChI is InChI=1S/C10H19O/c1-4-6-7-9(3)8-10(11)5-2/h2,5,9-11H,4,6-8H2,1,3H3/t9-,10-/m1/s1. The summed E-state index contributed by atoms with van der Waals surface area (Å²) < 4.78 is 0. The van der Waals surface area contributed by atoms with Crippen molar-refractivity contribution in [3.8, 4) is 0 Å². The Balaban J connectivity index is 3.34. The molecule has 1 N–H and O–H groups in total. The molecule has 0 aromatic rings. The molecule has 1 heteroatoms. The Kier molecular flexibility index (Phi) is 6.24. The van der Waals surface area contributed by atoms with Gasteiger partial charge < -0.3 is 5.11 Å². The summed E-state index contributed by atoms with van der Waals surface area (Å²) in [5.74, 6) is 0.588. The van der Waals surface area contributed by atoms with E-state index in [2.05, 4.69) is 13.8 Å². The molecule has 11 heavy (non-hydrogen) atoms. The molecule has 1 radical (unpaired) electrons. The summed E-state index contributed by atoms with van der Waals surface area (Å²) in [5.41, 5.74) is 0. The van der Waals surface area contributed by atoms with Crippen molar-refractivity contribution in [3.63, 3.8) is 0 Å². The zero-order valence-corrected chi connectivity index (χ0v) is 7.59. The van der Waals surface area contributed by atoms with Crippen molar-refractivity contribution in [2.45, 2.75) is 45.6 Å². The molecule has 0 aliphatic carbocycles. The van der Waals surface area contributed by atoms with Crippen molar-refractivity contribution < 1.29 is 5.11 Å². The number of unbranched alkanes of at least 4 members (excludes halogenated alkanes) is 1. The van der Waals surface area contributed by atoms with E-state index in [9.17, 15) is 0 Å². The molecule has 0 aromatic heterocycles. The second kappa shape index (κ2) is 6.41. The van der Waals surface area contributed by atoms with Crippen LogP contribution in [0.5, 0.6) is 0 Å². The van der Waals surface area contributed by atoms with Crippen LogP contribution in [0.1, 0.15) is 39.5 Å². The van der Waals surface area contributed by atoms with Crippen molar-refractivity contribution in [1.82, 2.24) is 0 Å². The van der Waals surface area contributed by atoms with E-state index in [-0.39, 0.29) is 0 Å². The molecule has 0 rings (SSSR count). The van der Waals surface area contributed by atoms with Crippen LogP contribution >= 0.6 is 0 Å². The average Bonchev–Trinajstić information content (AvgIpc) is 2.00. The lowest BCUT2D eigenvalue weighted by atomic mass is 9.98. The molecule has 2 atom stereocenters. The molecule has 0 saturated heterocycles. The first kappa shape index (κ1) is 10.7. The lowest BCUT2D eigenvalue weighted by Gasteiger charge is -2.12. The van der Waals surface area contributed by atoms with Crippen molar-refractivity contribution in [1.29, 1.82) is 0 Å². The van der Waals surface area contributed by atoms with Gasteiger partial charge in [0.2, 0.25) is 0 Å². The van der Waals surface area contributed by atoms with Crippen LogP contribution in [0.2, 0.25) is 0 Å². The number of aliphatic hydroxyl groups is 1. The van der Waals surface area contributed by atoms with E-state index in [1.807, 2.05) is 0 Å². The Morgan fingerprint density at radius 3 is 2.64 bits per heavy atom. The summed E-state index contributed by atoms with van der Waals surface area (Å²) in [7, 11) is 0. The maximum Gasteiger partial charge on any atom is 0.0726 e. The van der Waals surface area contributed by atoms with E-state index in [4.69, 9.17) is 11.7 Å². The third kappa shape index (κ3) is 6.11. The van der Waals surface area contributed by atoms with Gasteiger partial charge in [-0.1, -0.05) is 45.8 Å². The van der Waals surface area contributed by atoms with E-state index in [0.717, 1.165) is 6.42 Å². The molecule has 0 spiro atoms. The summed E-state index contributed by atoms with van der Waals surface area (Å²) in [6, 6.07) is 0. The highest BCUT2D eigenvalue weighted by Crippen LogP contribution is 2.13. The number of aliphatic hydroxyl groups excluding tert-OH is 1. The number of hydrogen-bond donors (Lipinski definition) is 1. The average molecular weight is 155 g/mol. The van der Waals surface area contributed by atoms with Crippen molar-refractivity contribution >= 4 is 0 Å². The smallest absolute Gasteiger partial charge is 0.0726 e. The van der Waals surface area contributed by atoms with Crippen LogP contribution in [0.15, 0.2) is 6.08 Å². The van der Waals surface area contributed by atoms with Gasteiger partial charge in [0, 0.05) is 0 Å². The maximum absolute atomic E-state index is 9.15. The summed E-state index contributed by atoms with van der Waals surface area (Å²) in [4.78, 5) is 0. The van der Waals surface area contributed by atoms with Crippen LogP contribution in [-0.2, 0) is 0 Å². The highest BCUT2D eigenvalue weighted by atomic mass is 16.3. The first-order chi connectivity index (χ1) is 5.20. The van der Waals surface area contributed by atoms with Gasteiger partial charge in [-0.25, -0.2) is 0 Å². The lowest BCUT2D eigenvalue weighted by molar-refractivity contribution is 0.187. The molecular weight excluding hydrogens is 136 g/mol. The van der Waals surface area contributed by atoms with E-state index in [1.165, 1.54) is 25.3 Å². The molecule has 0 bridgehead atoms. The fourth-order valence-corrected chi connectivity index (χ4v) is 1.16. The van der Waals surface area contributed by atoms with Gasteiger partial charge in [0.25, 0.3) is 0 Å². The Hall–Kier alpha value is -0.300. The van der Waals surface area contributed by atoms with Crippen LogP contribution in [0.3, 0.4) is 0 Å². The first-order valence-electron chi connectivity index (χ1n) is 4.43. The molecule has 0 fully saturated rings. The molecule has 0 aliphatic rings. The van der Waals surface area contributed by atoms with Gasteiger partial charge >= 0.3 is 0 Å². The van der Waals surface area contributed by atoms with E-state index >= 15 is 0 Å². The van der Waals surface area contributed by atoms with E-state index < -0.39 is 6.10 Å². The summed E-state index contributed by atoms with van der Waals surface area (Å²) in [6.45, 7) is 9.51. The summed E-state index contributed by atoms with van der Waals surface area (Å²) in [6.07, 6.45) is 5.42. The molecule has 0 aromatic carbocycles. The normalized spacial score (nSPS) is 15.9. The highest BCUT2D eigenvalue weighted by Gasteiger charge is 2.05. The highest BCUT2D eigenvalue weighted by molar-refractivity contribution is 4.76. The van der Waals surface area contributed by atoms with Crippen molar-refractivity contribution in [2.24, 2.45) is 5.92 Å². The minimum absolute atomic E-state index is 0.415. The molecule has 1 nitrogen and oxygen atoms in total. The summed E-state index contributed by atoms with van der Waals surface area (Å²) >= 11 is 0. The van der Waals surface area contributed by atoms with Gasteiger partial charge in [-0.15, -0.1) is 0 Å². The third-order valence-electron chi connectivity index (χ3n) is 1.92. The van der Waals surface area contributed by atoms with Gasteiger partial charge in [-0.2, -0.15) is 0 Å². The SMILES string of the molecule is [CH]=C[C@@H](O)C[C@H](C)CCCC. The fourth-order valence-electron chi connectivity index (χ4n) is 1.16. The second-order valence-electron chi connectivity index (χ2n) is 3.24. The predicted octanol–water partition coefficient (Wildman–Crippen LogP) is 2.55. The molecule has 0 amide bonds. The third-order valence-corrected chi connectivity index (χ3v) is 1.92. The second-order valence-corrected chi connectivity index (χ2v) is 3.24. The molecular formula is C10H19O. The first-order valence-corrected chi connectivity index (χ1v) is 4.43. The zero-order chi connectivity index (χ0) is 8.69. The zero-order valence-electron chi connectivity index (χ0n) is 7.59. The van der Waals surface area contributed by atoms with Crippen LogP contribution in [0.25, 0.3) is 0 Å². The molecule has 0 saturated carbocycles. The largest absolute Gasteiger partial charge is 0.389 e. The van der Waals surface area contributed by atoms with Crippen molar-refractivity contribution in [3.05, 3.63) is 12.7 Å². The Bertz CT molecular complexity index is 99.0. The quantitative estimate of drug-likeness (QED) is 0.625. The topological polar surface area (TPSA) is 20.2 Å². The van der Waals surface area contributed by atoms with Crippen LogP contribution in [-0.4, -0.2) is 11.2 Å². The van der Waals surface area contributed by atoms with Gasteiger partial charge in [-0.3, -0.25) is 0 Å². The molecule has 0 unspecified atom stereocenters. The van der Waals surface area contributed by atoms with E-state index in [1.54, 1.807) is 0 Å². The van der Waals surface area contributed by atoms with Gasteiger partial charge in [0.1, 0.15) is 0 Å². The van der Waals surface area contributed by atoms with Gasteiger partial charge in [-0.05, 0) is 12.3 Å². The monoisotopic (exact) mass is 155 g/mol. The van der Waals surface area contributed by atoms with Crippen LogP contribution < -0.4 is 0 Å². The molecule has 65 valence electrons. The minimum Gasteiger partial charge on any atom is -0.389 e. The number of hydrogen-bond acceptors (Lipinski definition) is 1. The predicted molar refractivity (Wildman–Crippen MR) is 48.2 cm³/mol. The van der Waals surface area contributed by atoms with E-state index in [0.29, 0.717) is 5.92 Å². The maximum atomic E-state index is 9.15. The summed E-state index contributed by atoms with van der Waals surface area (Å²) in [5, 5.41) is 9.15. The van der Waals surface area contributed by atoms with Crippen LogP contribution in [0.4, 0.5) is 0 Å². The molecule has 0 heterocycles. The Morgan fingerprint density at radius 1 is 1.55 bits per heavy atom. The fraction of sp³-hybridized carbons (Fsp3) is 0.800. The minimum atomic E-state index is -0.415. The van der Waals surface area contributed by atoms with Gasteiger partial charge in [0.15, 0.2) is 0 Å². The molecule has 0 aliphatic heterocycles. The van der Waals surface area contributed by atoms with Gasteiger partial charge in [0.05, 0.1) is 6.10 Å². The lowest BCUT2D eigenvalue weighted by Crippen LogP contribution is -2.08. The Morgan fingerprint density at radius 2 is 2.18 bits per heavy atom. The Labute approximate surface area is 70.1 Å².